The number of carbonyl (C=O) groups is 2. The average molecular weight is 385 g/mol. The lowest BCUT2D eigenvalue weighted by Crippen LogP contribution is -2.13. The SMILES string of the molecule is CNc1nc(OCCOC)nc2c1nc(OC(=O)C=O)n2Cc1ccccc1. The molecule has 0 aliphatic carbocycles. The minimum absolute atomic E-state index is 0.0594. The number of anilines is 1. The van der Waals surface area contributed by atoms with Crippen molar-refractivity contribution in [3.8, 4) is 12.0 Å². The summed E-state index contributed by atoms with van der Waals surface area (Å²) in [5.41, 5.74) is 1.70. The van der Waals surface area contributed by atoms with Crippen molar-refractivity contribution in [2.24, 2.45) is 0 Å². The fourth-order valence-electron chi connectivity index (χ4n) is 2.52. The van der Waals surface area contributed by atoms with Crippen LogP contribution in [-0.4, -0.2) is 59.1 Å². The van der Waals surface area contributed by atoms with E-state index in [4.69, 9.17) is 14.2 Å². The van der Waals surface area contributed by atoms with Crippen LogP contribution in [0.1, 0.15) is 5.56 Å². The van der Waals surface area contributed by atoms with Crippen LogP contribution in [0.25, 0.3) is 11.2 Å². The van der Waals surface area contributed by atoms with Crippen LogP contribution in [0.2, 0.25) is 0 Å². The summed E-state index contributed by atoms with van der Waals surface area (Å²) < 4.78 is 17.1. The number of aldehydes is 1. The van der Waals surface area contributed by atoms with E-state index in [1.54, 1.807) is 18.7 Å². The molecule has 146 valence electrons. The van der Waals surface area contributed by atoms with E-state index in [1.165, 1.54) is 0 Å². The Morgan fingerprint density at radius 1 is 1.18 bits per heavy atom. The van der Waals surface area contributed by atoms with Crippen LogP contribution in [0.5, 0.6) is 12.0 Å². The monoisotopic (exact) mass is 385 g/mol. The summed E-state index contributed by atoms with van der Waals surface area (Å²) >= 11 is 0. The zero-order valence-corrected chi connectivity index (χ0v) is 15.4. The second-order valence-electron chi connectivity index (χ2n) is 5.62. The van der Waals surface area contributed by atoms with Gasteiger partial charge < -0.3 is 19.5 Å². The van der Waals surface area contributed by atoms with Crippen LogP contribution >= 0.6 is 0 Å². The quantitative estimate of drug-likeness (QED) is 0.249. The van der Waals surface area contributed by atoms with Crippen LogP contribution in [-0.2, 0) is 20.9 Å². The number of nitrogens with zero attached hydrogens (tertiary/aromatic N) is 4. The van der Waals surface area contributed by atoms with Gasteiger partial charge in [-0.05, 0) is 5.56 Å². The Balaban J connectivity index is 2.10. The molecule has 10 heteroatoms. The number of fused-ring (bicyclic) bond motifs is 1. The number of benzene rings is 1. The zero-order valence-electron chi connectivity index (χ0n) is 15.4. The molecule has 3 aromatic rings. The highest BCUT2D eigenvalue weighted by Gasteiger charge is 2.21. The fourth-order valence-corrected chi connectivity index (χ4v) is 2.52. The molecule has 1 aromatic carbocycles. The molecule has 0 amide bonds. The number of rotatable bonds is 9. The Bertz CT molecular complexity index is 973. The second-order valence-corrected chi connectivity index (χ2v) is 5.62. The maximum atomic E-state index is 11.5. The first-order valence-corrected chi connectivity index (χ1v) is 8.45. The smallest absolute Gasteiger partial charge is 0.379 e. The molecule has 0 spiro atoms. The molecule has 0 radical (unpaired) electrons. The molecule has 0 aliphatic rings. The van der Waals surface area contributed by atoms with E-state index in [0.29, 0.717) is 30.1 Å². The molecule has 0 atom stereocenters. The lowest BCUT2D eigenvalue weighted by atomic mass is 10.2. The summed E-state index contributed by atoms with van der Waals surface area (Å²) in [6.45, 7) is 0.962. The van der Waals surface area contributed by atoms with Crippen LogP contribution in [0, 0.1) is 0 Å². The number of esters is 1. The highest BCUT2D eigenvalue weighted by Crippen LogP contribution is 2.28. The maximum Gasteiger partial charge on any atom is 0.379 e. The number of ether oxygens (including phenoxy) is 3. The Labute approximate surface area is 160 Å². The summed E-state index contributed by atoms with van der Waals surface area (Å²) in [7, 11) is 3.24. The molecule has 0 fully saturated rings. The van der Waals surface area contributed by atoms with Gasteiger partial charge >= 0.3 is 18.0 Å². The Morgan fingerprint density at radius 2 is 1.96 bits per heavy atom. The summed E-state index contributed by atoms with van der Waals surface area (Å²) in [6.07, 6.45) is 0.0795. The molecule has 0 aliphatic heterocycles. The topological polar surface area (TPSA) is 117 Å². The first kappa shape index (κ1) is 19.2. The number of carbonyl (C=O) groups excluding carboxylic acids is 2. The lowest BCUT2D eigenvalue weighted by molar-refractivity contribution is -0.141. The van der Waals surface area contributed by atoms with E-state index in [0.717, 1.165) is 5.56 Å². The van der Waals surface area contributed by atoms with E-state index >= 15 is 0 Å². The predicted octanol–water partition coefficient (Wildman–Crippen LogP) is 1.05. The highest BCUT2D eigenvalue weighted by molar-refractivity contribution is 6.21. The Kier molecular flexibility index (Phi) is 6.12. The summed E-state index contributed by atoms with van der Waals surface area (Å²) in [5, 5.41) is 2.92. The molecule has 3 rings (SSSR count). The van der Waals surface area contributed by atoms with Crippen molar-refractivity contribution in [1.29, 1.82) is 0 Å². The van der Waals surface area contributed by atoms with Crippen molar-refractivity contribution < 1.29 is 23.8 Å². The summed E-state index contributed by atoms with van der Waals surface area (Å²) in [6, 6.07) is 9.55. The Morgan fingerprint density at radius 3 is 2.64 bits per heavy atom. The Hall–Kier alpha value is -3.53. The highest BCUT2D eigenvalue weighted by atomic mass is 16.6. The molecule has 0 saturated heterocycles. The van der Waals surface area contributed by atoms with Gasteiger partial charge in [-0.2, -0.15) is 15.0 Å². The van der Waals surface area contributed by atoms with E-state index in [1.807, 2.05) is 30.3 Å². The van der Waals surface area contributed by atoms with Crippen molar-refractivity contribution in [2.75, 3.05) is 32.7 Å². The minimum atomic E-state index is -1.06. The van der Waals surface area contributed by atoms with Gasteiger partial charge in [-0.25, -0.2) is 4.79 Å². The van der Waals surface area contributed by atoms with E-state index in [2.05, 4.69) is 20.3 Å². The van der Waals surface area contributed by atoms with Gasteiger partial charge in [-0.15, -0.1) is 0 Å². The third kappa shape index (κ3) is 4.23. The van der Waals surface area contributed by atoms with E-state index in [-0.39, 0.29) is 24.9 Å². The van der Waals surface area contributed by atoms with Gasteiger partial charge in [-0.1, -0.05) is 30.3 Å². The van der Waals surface area contributed by atoms with Crippen LogP contribution in [0.3, 0.4) is 0 Å². The van der Waals surface area contributed by atoms with Crippen molar-refractivity contribution >= 4 is 29.2 Å². The molecule has 10 nitrogen and oxygen atoms in total. The largest absolute Gasteiger partial charge is 0.461 e. The number of nitrogens with one attached hydrogen (secondary N) is 1. The average Bonchev–Trinajstić information content (AvgIpc) is 3.05. The van der Waals surface area contributed by atoms with Crippen molar-refractivity contribution in [3.63, 3.8) is 0 Å². The molecule has 2 aromatic heterocycles. The first-order chi connectivity index (χ1) is 13.7. The van der Waals surface area contributed by atoms with Crippen molar-refractivity contribution in [2.45, 2.75) is 6.54 Å². The van der Waals surface area contributed by atoms with Crippen LogP contribution < -0.4 is 14.8 Å². The van der Waals surface area contributed by atoms with Gasteiger partial charge in [0.2, 0.25) is 6.29 Å². The maximum absolute atomic E-state index is 11.5. The number of hydrogen-bond acceptors (Lipinski definition) is 9. The third-order valence-electron chi connectivity index (χ3n) is 3.77. The summed E-state index contributed by atoms with van der Waals surface area (Å²) in [5.74, 6) is -0.659. The normalized spacial score (nSPS) is 10.6. The van der Waals surface area contributed by atoms with Gasteiger partial charge in [0.05, 0.1) is 13.2 Å². The van der Waals surface area contributed by atoms with Crippen molar-refractivity contribution in [3.05, 3.63) is 35.9 Å². The zero-order chi connectivity index (χ0) is 19.9. The van der Waals surface area contributed by atoms with Gasteiger partial charge in [0.15, 0.2) is 17.0 Å². The van der Waals surface area contributed by atoms with Crippen LogP contribution in [0.15, 0.2) is 30.3 Å². The first-order valence-electron chi connectivity index (χ1n) is 8.45. The van der Waals surface area contributed by atoms with E-state index < -0.39 is 5.97 Å². The molecule has 1 N–H and O–H groups in total. The minimum Gasteiger partial charge on any atom is -0.461 e. The molecule has 0 saturated carbocycles. The standard InChI is InChI=1S/C18H19N5O5/c1-19-15-14-16(22-17(21-15)27-9-8-26-2)23(10-12-6-4-3-5-7-12)18(20-14)28-13(25)11-24/h3-7,11H,8-10H2,1-2H3,(H,19,21,22). The fraction of sp³-hybridized carbons (Fsp3) is 0.278. The van der Waals surface area contributed by atoms with Gasteiger partial charge in [0, 0.05) is 14.2 Å². The number of hydrogen-bond donors (Lipinski definition) is 1. The summed E-state index contributed by atoms with van der Waals surface area (Å²) in [4.78, 5) is 35.2. The molecule has 0 unspecified atom stereocenters. The van der Waals surface area contributed by atoms with Gasteiger partial charge in [0.1, 0.15) is 6.61 Å². The number of aromatic nitrogens is 4. The lowest BCUT2D eigenvalue weighted by Gasteiger charge is -2.09. The number of methoxy groups -OCH3 is 1. The third-order valence-corrected chi connectivity index (χ3v) is 3.77. The van der Waals surface area contributed by atoms with Crippen LogP contribution in [0.4, 0.5) is 5.82 Å². The molecule has 2 heterocycles. The van der Waals surface area contributed by atoms with Gasteiger partial charge in [-0.3, -0.25) is 9.36 Å². The molecular formula is C18H19N5O5. The predicted molar refractivity (Wildman–Crippen MR) is 99.5 cm³/mol. The van der Waals surface area contributed by atoms with Gasteiger partial charge in [0.25, 0.3) is 0 Å². The molecular weight excluding hydrogens is 366 g/mol. The van der Waals surface area contributed by atoms with Crippen molar-refractivity contribution in [1.82, 2.24) is 19.5 Å². The number of imidazole rings is 1. The van der Waals surface area contributed by atoms with E-state index in [9.17, 15) is 9.59 Å². The molecule has 0 bridgehead atoms. The molecule has 28 heavy (non-hydrogen) atoms. The second kappa shape index (κ2) is 8.91.